The molecule has 12 rings (SSSR count). The van der Waals surface area contributed by atoms with E-state index in [9.17, 15) is 0 Å². The van der Waals surface area contributed by atoms with Crippen LogP contribution in [-0.2, 0) is 11.8 Å². The third-order valence-corrected chi connectivity index (χ3v) is 15.3. The smallest absolute Gasteiger partial charge is 0.249 e. The molecule has 0 spiro atoms. The van der Waals surface area contributed by atoms with Crippen molar-refractivity contribution in [3.63, 3.8) is 0 Å². The van der Waals surface area contributed by atoms with Gasteiger partial charge in [-0.25, -0.2) is 0 Å². The molecule has 67 heavy (non-hydrogen) atoms. The largest absolute Gasteiger partial charge is 0.310 e. The minimum Gasteiger partial charge on any atom is -0.310 e. The van der Waals surface area contributed by atoms with Gasteiger partial charge in [0, 0.05) is 48.8 Å². The number of anilines is 3. The highest BCUT2D eigenvalue weighted by molar-refractivity contribution is 8.00. The van der Waals surface area contributed by atoms with Gasteiger partial charge in [0.15, 0.2) is 0 Å². The molecule has 1 aromatic heterocycles. The van der Waals surface area contributed by atoms with Crippen molar-refractivity contribution in [3.05, 3.63) is 211 Å². The lowest BCUT2D eigenvalue weighted by molar-refractivity contribution is 0.591. The average Bonchev–Trinajstić information content (AvgIpc) is 3.70. The van der Waals surface area contributed by atoms with Crippen molar-refractivity contribution in [3.8, 4) is 39.1 Å². The predicted octanol–water partition coefficient (Wildman–Crippen LogP) is 15.6. The number of para-hydroxylation sites is 2. The van der Waals surface area contributed by atoms with Crippen LogP contribution in [0, 0.1) is 0 Å². The first-order valence-electron chi connectivity index (χ1n) is 24.1. The van der Waals surface area contributed by atoms with Crippen LogP contribution in [0.25, 0.3) is 60.9 Å². The van der Waals surface area contributed by atoms with Crippen LogP contribution in [0.1, 0.15) is 58.1 Å². The highest BCUT2D eigenvalue weighted by Crippen LogP contribution is 2.51. The van der Waals surface area contributed by atoms with Gasteiger partial charge < -0.3 is 9.47 Å². The molecule has 10 aromatic rings. The lowest BCUT2D eigenvalue weighted by Crippen LogP contribution is -2.60. The van der Waals surface area contributed by atoms with Gasteiger partial charge in [-0.15, -0.1) is 0 Å². The van der Waals surface area contributed by atoms with Crippen LogP contribution in [-0.4, -0.2) is 11.3 Å². The van der Waals surface area contributed by atoms with E-state index < -0.39 is 0 Å². The number of rotatable bonds is 9. The molecule has 0 saturated heterocycles. The molecule has 324 valence electrons. The Morgan fingerprint density at radius 1 is 0.493 bits per heavy atom. The van der Waals surface area contributed by atoms with Gasteiger partial charge in [-0.3, -0.25) is 0 Å². The van der Waals surface area contributed by atoms with E-state index in [4.69, 9.17) is 0 Å². The summed E-state index contributed by atoms with van der Waals surface area (Å²) in [5.74, 6) is 0. The average molecular weight is 881 g/mol. The number of unbranched alkanes of at least 4 members (excludes halogenated alkanes) is 2. The first kappa shape index (κ1) is 41.4. The molecule has 3 heterocycles. The highest BCUT2D eigenvalue weighted by Gasteiger charge is 2.43. The molecular formula is C63H53BN2S. The van der Waals surface area contributed by atoms with E-state index in [0.29, 0.717) is 0 Å². The maximum Gasteiger partial charge on any atom is 0.249 e. The Labute approximate surface area is 400 Å². The monoisotopic (exact) mass is 880 g/mol. The third kappa shape index (κ3) is 7.13. The van der Waals surface area contributed by atoms with Crippen LogP contribution in [0.15, 0.2) is 210 Å². The van der Waals surface area contributed by atoms with Crippen molar-refractivity contribution in [2.75, 3.05) is 4.90 Å². The molecule has 9 aromatic carbocycles. The number of hydrogen-bond donors (Lipinski definition) is 0. The minimum absolute atomic E-state index is 0.0299. The third-order valence-electron chi connectivity index (χ3n) is 14.2. The van der Waals surface area contributed by atoms with Crippen molar-refractivity contribution >= 4 is 73.7 Å². The Kier molecular flexibility index (Phi) is 10.3. The molecule has 2 aliphatic heterocycles. The molecule has 0 fully saturated rings. The molecule has 0 unspecified atom stereocenters. The van der Waals surface area contributed by atoms with Gasteiger partial charge in [-0.1, -0.05) is 203 Å². The zero-order valence-electron chi connectivity index (χ0n) is 38.8. The van der Waals surface area contributed by atoms with E-state index in [0.717, 1.165) is 12.1 Å². The van der Waals surface area contributed by atoms with Gasteiger partial charge in [0.2, 0.25) is 6.71 Å². The Morgan fingerprint density at radius 2 is 1.09 bits per heavy atom. The number of nitrogens with zero attached hydrogens (tertiary/aromatic N) is 2. The summed E-state index contributed by atoms with van der Waals surface area (Å²) >= 11 is 1.96. The van der Waals surface area contributed by atoms with E-state index in [1.165, 1.54) is 129 Å². The Hall–Kier alpha value is -7.01. The summed E-state index contributed by atoms with van der Waals surface area (Å²) in [7, 11) is 0. The van der Waals surface area contributed by atoms with Crippen LogP contribution >= 0.6 is 11.8 Å². The van der Waals surface area contributed by atoms with E-state index in [1.807, 2.05) is 11.8 Å². The van der Waals surface area contributed by atoms with Gasteiger partial charge in [0.25, 0.3) is 0 Å². The number of benzene rings is 9. The first-order chi connectivity index (χ1) is 32.8. The molecule has 0 aliphatic carbocycles. The molecule has 0 amide bonds. The summed E-state index contributed by atoms with van der Waals surface area (Å²) in [4.78, 5) is 5.41. The molecule has 0 N–H and O–H groups in total. The first-order valence-corrected chi connectivity index (χ1v) is 24.9. The molecule has 0 saturated carbocycles. The zero-order chi connectivity index (χ0) is 45.2. The van der Waals surface area contributed by atoms with Gasteiger partial charge in [0.05, 0.1) is 16.7 Å². The second-order valence-electron chi connectivity index (χ2n) is 19.5. The Morgan fingerprint density at radius 3 is 1.70 bits per heavy atom. The Bertz CT molecular complexity index is 3380. The molecule has 2 aliphatic rings. The SMILES string of the molecule is CCCCCc1cc2c3c(c1)N(c1c(-c4ccccc4)cc(C(C)(C)C)cc1-c1ccccc1)c1cc(-n4c5ccccc5c5ccccc54)ccc1B3c1cc(-c3ccccc3)ccc1S2. The number of hydrogen-bond acceptors (Lipinski definition) is 2. The van der Waals surface area contributed by atoms with Crippen molar-refractivity contribution in [2.45, 2.75) is 68.6 Å². The molecule has 0 bridgehead atoms. The van der Waals surface area contributed by atoms with Gasteiger partial charge in [0.1, 0.15) is 0 Å². The maximum absolute atomic E-state index is 2.70. The molecule has 2 nitrogen and oxygen atoms in total. The van der Waals surface area contributed by atoms with Gasteiger partial charge in [-0.05, 0) is 117 Å². The topological polar surface area (TPSA) is 8.17 Å². The zero-order valence-corrected chi connectivity index (χ0v) is 39.6. The molecule has 0 atom stereocenters. The van der Waals surface area contributed by atoms with Crippen LogP contribution in [0.2, 0.25) is 0 Å². The fourth-order valence-electron chi connectivity index (χ4n) is 10.9. The summed E-state index contributed by atoms with van der Waals surface area (Å²) in [6.45, 7) is 9.38. The van der Waals surface area contributed by atoms with E-state index in [2.05, 4.69) is 237 Å². The van der Waals surface area contributed by atoms with Crippen LogP contribution in [0.3, 0.4) is 0 Å². The number of fused-ring (bicyclic) bond motifs is 7. The van der Waals surface area contributed by atoms with Crippen molar-refractivity contribution in [1.29, 1.82) is 0 Å². The van der Waals surface area contributed by atoms with E-state index in [-0.39, 0.29) is 12.1 Å². The summed E-state index contributed by atoms with van der Waals surface area (Å²) in [6.07, 6.45) is 4.62. The standard InChI is InChI=1S/C63H53BN2S/c1-5-6-10-21-42-36-58-61-60(37-42)67-59-35-32-46(43-22-11-7-12-23-43)38-54(59)64(61)53-34-33-48(65-55-30-19-17-28-49(55)50-29-18-20-31-56(50)65)41-57(53)66(58)62-51(44-24-13-8-14-25-44)39-47(63(2,3)4)40-52(62)45-26-15-9-16-27-45/h7-9,11-20,22-41H,5-6,10,21H2,1-4H3. The number of aryl methyl sites for hydroxylation is 1. The molecule has 4 heteroatoms. The summed E-state index contributed by atoms with van der Waals surface area (Å²) < 4.78 is 2.49. The fraction of sp³-hybridized carbons (Fsp3) is 0.143. The summed E-state index contributed by atoms with van der Waals surface area (Å²) in [6, 6.07) is 75.6. The maximum atomic E-state index is 2.70. The lowest BCUT2D eigenvalue weighted by Gasteiger charge is -2.42. The number of aromatic nitrogens is 1. The van der Waals surface area contributed by atoms with Crippen LogP contribution < -0.4 is 21.3 Å². The normalized spacial score (nSPS) is 12.9. The van der Waals surface area contributed by atoms with Crippen LogP contribution in [0.4, 0.5) is 17.1 Å². The van der Waals surface area contributed by atoms with E-state index in [1.54, 1.807) is 0 Å². The second kappa shape index (κ2) is 16.7. The molecular weight excluding hydrogens is 828 g/mol. The predicted molar refractivity (Wildman–Crippen MR) is 289 cm³/mol. The minimum atomic E-state index is -0.0879. The second-order valence-corrected chi connectivity index (χ2v) is 20.6. The fourth-order valence-corrected chi connectivity index (χ4v) is 12.1. The summed E-state index contributed by atoms with van der Waals surface area (Å²) in [5, 5.41) is 2.53. The van der Waals surface area contributed by atoms with E-state index >= 15 is 0 Å². The Balaban J connectivity index is 1.22. The lowest BCUT2D eigenvalue weighted by atomic mass is 9.34. The van der Waals surface area contributed by atoms with Crippen LogP contribution in [0.5, 0.6) is 0 Å². The van der Waals surface area contributed by atoms with Gasteiger partial charge >= 0.3 is 0 Å². The van der Waals surface area contributed by atoms with Gasteiger partial charge in [-0.2, -0.15) is 0 Å². The quantitative estimate of drug-likeness (QED) is 0.105. The molecule has 0 radical (unpaired) electrons. The van der Waals surface area contributed by atoms with Crippen molar-refractivity contribution in [1.82, 2.24) is 4.57 Å². The highest BCUT2D eigenvalue weighted by atomic mass is 32.2. The summed E-state index contributed by atoms with van der Waals surface area (Å²) in [5.41, 5.74) is 21.4. The van der Waals surface area contributed by atoms with Crippen molar-refractivity contribution in [2.24, 2.45) is 0 Å². The van der Waals surface area contributed by atoms with Crippen molar-refractivity contribution < 1.29 is 0 Å².